The molecule has 0 saturated carbocycles. The van der Waals surface area contributed by atoms with Crippen LogP contribution in [0.4, 0.5) is 5.00 Å². The lowest BCUT2D eigenvalue weighted by atomic mass is 10.2. The molecule has 7 nitrogen and oxygen atoms in total. The summed E-state index contributed by atoms with van der Waals surface area (Å²) in [7, 11) is 3.16. The number of rotatable bonds is 7. The number of nitrogens with one attached hydrogen (secondary N) is 1. The Morgan fingerprint density at radius 2 is 2.00 bits per heavy atom. The molecule has 0 spiro atoms. The Hall–Kier alpha value is -2.36. The fourth-order valence-electron chi connectivity index (χ4n) is 2.55. The highest BCUT2D eigenvalue weighted by atomic mass is 35.5. The summed E-state index contributed by atoms with van der Waals surface area (Å²) in [6.07, 6.45) is 0.770. The van der Waals surface area contributed by atoms with Crippen LogP contribution >= 0.6 is 34.7 Å². The topological polar surface area (TPSA) is 86.1 Å². The van der Waals surface area contributed by atoms with Crippen molar-refractivity contribution < 1.29 is 14.3 Å². The number of carbonyl (C=O) groups excluding carboxylic acids is 2. The van der Waals surface area contributed by atoms with Gasteiger partial charge >= 0.3 is 5.97 Å². The molecule has 1 aromatic carbocycles. The van der Waals surface area contributed by atoms with Gasteiger partial charge in [-0.05, 0) is 36.8 Å². The monoisotopic (exact) mass is 450 g/mol. The fraction of sp³-hybridized carbons (Fsp3) is 0.263. The molecule has 0 aliphatic carbocycles. The van der Waals surface area contributed by atoms with Crippen molar-refractivity contribution in [1.82, 2.24) is 14.8 Å². The third-order valence-corrected chi connectivity index (χ3v) is 6.53. The second-order valence-corrected chi connectivity index (χ2v) is 8.53. The van der Waals surface area contributed by atoms with E-state index >= 15 is 0 Å². The number of nitrogens with zero attached hydrogens (tertiary/aromatic N) is 3. The van der Waals surface area contributed by atoms with E-state index in [0.717, 1.165) is 16.9 Å². The predicted octanol–water partition coefficient (Wildman–Crippen LogP) is 4.28. The Kier molecular flexibility index (Phi) is 6.94. The summed E-state index contributed by atoms with van der Waals surface area (Å²) < 4.78 is 6.62. The largest absolute Gasteiger partial charge is 0.465 e. The maximum absolute atomic E-state index is 12.4. The average Bonchev–Trinajstić information content (AvgIpc) is 3.29. The van der Waals surface area contributed by atoms with E-state index in [0.29, 0.717) is 26.6 Å². The molecule has 0 saturated heterocycles. The first-order valence-corrected chi connectivity index (χ1v) is 10.9. The molecular formula is C19H19ClN4O3S2. The van der Waals surface area contributed by atoms with Crippen molar-refractivity contribution in [3.8, 4) is 11.4 Å². The van der Waals surface area contributed by atoms with E-state index in [2.05, 4.69) is 15.5 Å². The van der Waals surface area contributed by atoms with E-state index in [1.807, 2.05) is 30.7 Å². The number of hydrogen-bond acceptors (Lipinski definition) is 7. The first-order chi connectivity index (χ1) is 13.9. The van der Waals surface area contributed by atoms with Crippen LogP contribution in [0.15, 0.2) is 35.5 Å². The highest BCUT2D eigenvalue weighted by Gasteiger charge is 2.19. The number of anilines is 1. The number of amides is 1. The second kappa shape index (κ2) is 9.43. The van der Waals surface area contributed by atoms with Crippen molar-refractivity contribution in [1.29, 1.82) is 0 Å². The number of thiophene rings is 1. The van der Waals surface area contributed by atoms with Crippen LogP contribution in [0.1, 0.15) is 22.2 Å². The zero-order valence-electron chi connectivity index (χ0n) is 16.1. The number of aromatic nitrogens is 3. The van der Waals surface area contributed by atoms with E-state index in [1.54, 1.807) is 18.2 Å². The van der Waals surface area contributed by atoms with E-state index in [9.17, 15) is 9.59 Å². The van der Waals surface area contributed by atoms with Gasteiger partial charge in [0.2, 0.25) is 5.91 Å². The molecule has 29 heavy (non-hydrogen) atoms. The summed E-state index contributed by atoms with van der Waals surface area (Å²) in [6.45, 7) is 1.99. The zero-order valence-corrected chi connectivity index (χ0v) is 18.5. The van der Waals surface area contributed by atoms with Gasteiger partial charge < -0.3 is 14.6 Å². The van der Waals surface area contributed by atoms with Gasteiger partial charge in [0.25, 0.3) is 0 Å². The highest BCUT2D eigenvalue weighted by Crippen LogP contribution is 2.30. The lowest BCUT2D eigenvalue weighted by Gasteiger charge is -2.06. The Balaban J connectivity index is 1.67. The molecule has 10 heteroatoms. The summed E-state index contributed by atoms with van der Waals surface area (Å²) in [5.41, 5.74) is 1.26. The van der Waals surface area contributed by atoms with Gasteiger partial charge in [-0.15, -0.1) is 21.5 Å². The fourth-order valence-corrected chi connectivity index (χ4v) is 4.39. The minimum Gasteiger partial charge on any atom is -0.465 e. The molecule has 3 rings (SSSR count). The molecule has 0 bridgehead atoms. The summed E-state index contributed by atoms with van der Waals surface area (Å²) >= 11 is 8.56. The number of hydrogen-bond donors (Lipinski definition) is 1. The minimum atomic E-state index is -0.468. The number of ether oxygens (including phenoxy) is 1. The van der Waals surface area contributed by atoms with E-state index in [4.69, 9.17) is 16.3 Å². The molecule has 2 aromatic heterocycles. The maximum atomic E-state index is 12.4. The van der Waals surface area contributed by atoms with Crippen LogP contribution < -0.4 is 5.32 Å². The van der Waals surface area contributed by atoms with Crippen molar-refractivity contribution in [2.45, 2.75) is 18.5 Å². The Morgan fingerprint density at radius 3 is 2.66 bits per heavy atom. The third-order valence-electron chi connectivity index (χ3n) is 4.06. The molecule has 152 valence electrons. The summed E-state index contributed by atoms with van der Waals surface area (Å²) in [5, 5.41) is 12.9. The molecule has 0 aliphatic heterocycles. The van der Waals surface area contributed by atoms with Gasteiger partial charge in [0, 0.05) is 22.5 Å². The summed E-state index contributed by atoms with van der Waals surface area (Å²) in [5.74, 6) is 0.112. The van der Waals surface area contributed by atoms with Crippen molar-refractivity contribution in [3.63, 3.8) is 0 Å². The van der Waals surface area contributed by atoms with Crippen LogP contribution in [-0.2, 0) is 23.0 Å². The number of aryl methyl sites for hydroxylation is 1. The van der Waals surface area contributed by atoms with Crippen LogP contribution in [0, 0.1) is 0 Å². The standard InChI is InChI=1S/C19H19ClN4O3S2/c1-4-13-9-14(18(26)27-3)17(29-13)21-15(25)10-28-19-23-22-16(24(19)2)11-5-7-12(20)8-6-11/h5-9H,4,10H2,1-3H3,(H,21,25). The lowest BCUT2D eigenvalue weighted by Crippen LogP contribution is -2.16. The smallest absolute Gasteiger partial charge is 0.340 e. The predicted molar refractivity (Wildman–Crippen MR) is 116 cm³/mol. The number of halogens is 1. The molecule has 0 atom stereocenters. The molecule has 0 aliphatic rings. The van der Waals surface area contributed by atoms with Gasteiger partial charge in [0.05, 0.1) is 18.4 Å². The molecule has 0 fully saturated rings. The lowest BCUT2D eigenvalue weighted by molar-refractivity contribution is -0.113. The Labute approximate surface area is 181 Å². The van der Waals surface area contributed by atoms with Crippen LogP contribution in [0.3, 0.4) is 0 Å². The first-order valence-electron chi connectivity index (χ1n) is 8.72. The molecule has 1 amide bonds. The number of benzene rings is 1. The van der Waals surface area contributed by atoms with Crippen molar-refractivity contribution in [2.24, 2.45) is 7.05 Å². The Bertz CT molecular complexity index is 1030. The number of carbonyl (C=O) groups is 2. The van der Waals surface area contributed by atoms with Gasteiger partial charge in [-0.25, -0.2) is 4.79 Å². The summed E-state index contributed by atoms with van der Waals surface area (Å²) in [6, 6.07) is 9.06. The van der Waals surface area contributed by atoms with Gasteiger partial charge in [-0.3, -0.25) is 4.79 Å². The Morgan fingerprint density at radius 1 is 1.28 bits per heavy atom. The van der Waals surface area contributed by atoms with Gasteiger partial charge in [-0.2, -0.15) is 0 Å². The second-order valence-electron chi connectivity index (χ2n) is 6.01. The van der Waals surface area contributed by atoms with Crippen molar-refractivity contribution >= 4 is 51.6 Å². The summed E-state index contributed by atoms with van der Waals surface area (Å²) in [4.78, 5) is 25.3. The quantitative estimate of drug-likeness (QED) is 0.427. The van der Waals surface area contributed by atoms with Gasteiger partial charge in [-0.1, -0.05) is 30.3 Å². The van der Waals surface area contributed by atoms with Crippen LogP contribution in [0.5, 0.6) is 0 Å². The van der Waals surface area contributed by atoms with E-state index in [1.165, 1.54) is 30.2 Å². The highest BCUT2D eigenvalue weighted by molar-refractivity contribution is 7.99. The molecule has 0 radical (unpaired) electrons. The SMILES string of the molecule is CCc1cc(C(=O)OC)c(NC(=O)CSc2nnc(-c3ccc(Cl)cc3)n2C)s1. The first kappa shape index (κ1) is 21.4. The number of methoxy groups -OCH3 is 1. The number of thioether (sulfide) groups is 1. The van der Waals surface area contributed by atoms with Crippen molar-refractivity contribution in [3.05, 3.63) is 45.8 Å². The van der Waals surface area contributed by atoms with Gasteiger partial charge in [0.15, 0.2) is 11.0 Å². The van der Waals surface area contributed by atoms with Crippen LogP contribution in [0.2, 0.25) is 5.02 Å². The molecule has 3 aromatic rings. The normalized spacial score (nSPS) is 10.8. The molecular weight excluding hydrogens is 432 g/mol. The molecule has 1 N–H and O–H groups in total. The van der Waals surface area contributed by atoms with Crippen LogP contribution in [0.25, 0.3) is 11.4 Å². The third kappa shape index (κ3) is 4.98. The number of esters is 1. The maximum Gasteiger partial charge on any atom is 0.340 e. The van der Waals surface area contributed by atoms with Crippen LogP contribution in [-0.4, -0.2) is 39.5 Å². The zero-order chi connectivity index (χ0) is 21.0. The minimum absolute atomic E-state index is 0.132. The average molecular weight is 451 g/mol. The van der Waals surface area contributed by atoms with Gasteiger partial charge in [0.1, 0.15) is 5.00 Å². The van der Waals surface area contributed by atoms with Crippen molar-refractivity contribution in [2.75, 3.05) is 18.2 Å². The van der Waals surface area contributed by atoms with E-state index in [-0.39, 0.29) is 11.7 Å². The molecule has 0 unspecified atom stereocenters. The van der Waals surface area contributed by atoms with E-state index < -0.39 is 5.97 Å². The molecule has 2 heterocycles.